The average Bonchev–Trinajstić information content (AvgIpc) is 3.01. The summed E-state index contributed by atoms with van der Waals surface area (Å²) in [6, 6.07) is -0.282. The van der Waals surface area contributed by atoms with Crippen LogP contribution in [-0.4, -0.2) is 48.3 Å². The van der Waals surface area contributed by atoms with E-state index in [0.717, 1.165) is 5.01 Å². The molecule has 7 heteroatoms. The molecule has 1 atom stereocenters. The number of thiazole rings is 1. The minimum Gasteiger partial charge on any atom is -0.330 e. The molecule has 0 N–H and O–H groups in total. The molecule has 0 aromatic carbocycles. The highest BCUT2D eigenvalue weighted by Crippen LogP contribution is 2.27. The molecule has 122 valence electrons. The fourth-order valence-corrected chi connectivity index (χ4v) is 5.03. The smallest absolute Gasteiger partial charge is 0.273 e. The molecule has 1 amide bonds. The molecule has 5 nitrogen and oxygen atoms in total. The molecule has 1 aromatic rings. The fraction of sp³-hybridized carbons (Fsp3) is 0.600. The van der Waals surface area contributed by atoms with Crippen LogP contribution in [0.2, 0.25) is 0 Å². The molecule has 1 aliphatic heterocycles. The van der Waals surface area contributed by atoms with Gasteiger partial charge in [-0.05, 0) is 6.42 Å². The largest absolute Gasteiger partial charge is 0.330 e. The molecule has 1 unspecified atom stereocenters. The summed E-state index contributed by atoms with van der Waals surface area (Å²) < 4.78 is 23.3. The van der Waals surface area contributed by atoms with E-state index < -0.39 is 9.84 Å². The number of hydrogen-bond acceptors (Lipinski definition) is 5. The second-order valence-electron chi connectivity index (χ2n) is 6.59. The lowest BCUT2D eigenvalue weighted by molar-refractivity contribution is 0.0715. The van der Waals surface area contributed by atoms with Gasteiger partial charge in [0.25, 0.3) is 5.91 Å². The molecule has 0 bridgehead atoms. The lowest BCUT2D eigenvalue weighted by atomic mass is 9.98. The van der Waals surface area contributed by atoms with Gasteiger partial charge in [0.2, 0.25) is 0 Å². The summed E-state index contributed by atoms with van der Waals surface area (Å²) in [6.45, 7) is 10.1. The van der Waals surface area contributed by atoms with Crippen LogP contribution in [0.15, 0.2) is 18.0 Å². The van der Waals surface area contributed by atoms with E-state index in [-0.39, 0.29) is 28.9 Å². The number of carbonyl (C=O) groups is 1. The molecule has 1 saturated heterocycles. The monoisotopic (exact) mass is 342 g/mol. The molecule has 2 rings (SSSR count). The topological polar surface area (TPSA) is 67.3 Å². The van der Waals surface area contributed by atoms with Crippen LogP contribution in [0.1, 0.15) is 42.7 Å². The first-order chi connectivity index (χ1) is 10.1. The SMILES string of the molecule is C=CCN(C(=O)c1csc(C(C)(C)C)n1)C1CCS(=O)(=O)C1. The Labute approximate surface area is 136 Å². The van der Waals surface area contributed by atoms with E-state index in [4.69, 9.17) is 0 Å². The minimum atomic E-state index is -3.04. The third kappa shape index (κ3) is 3.76. The summed E-state index contributed by atoms with van der Waals surface area (Å²) in [5.41, 5.74) is 0.282. The van der Waals surface area contributed by atoms with Gasteiger partial charge < -0.3 is 4.90 Å². The van der Waals surface area contributed by atoms with E-state index in [1.165, 1.54) is 11.3 Å². The van der Waals surface area contributed by atoms with Gasteiger partial charge >= 0.3 is 0 Å². The highest BCUT2D eigenvalue weighted by Gasteiger charge is 2.35. The molecule has 1 aliphatic rings. The van der Waals surface area contributed by atoms with Gasteiger partial charge in [-0.3, -0.25) is 4.79 Å². The number of aromatic nitrogens is 1. The van der Waals surface area contributed by atoms with Gasteiger partial charge in [-0.15, -0.1) is 17.9 Å². The Morgan fingerprint density at radius 3 is 2.68 bits per heavy atom. The van der Waals surface area contributed by atoms with Crippen LogP contribution in [-0.2, 0) is 15.3 Å². The van der Waals surface area contributed by atoms with Gasteiger partial charge in [0.15, 0.2) is 9.84 Å². The maximum atomic E-state index is 12.7. The Balaban J connectivity index is 2.23. The van der Waals surface area contributed by atoms with E-state index in [1.807, 2.05) is 20.8 Å². The Bertz CT molecular complexity index is 671. The first-order valence-corrected chi connectivity index (χ1v) is 9.92. The second kappa shape index (κ2) is 6.12. The zero-order valence-corrected chi connectivity index (χ0v) is 14.8. The fourth-order valence-electron chi connectivity index (χ4n) is 2.42. The average molecular weight is 342 g/mol. The van der Waals surface area contributed by atoms with Crippen LogP contribution in [0.25, 0.3) is 0 Å². The Morgan fingerprint density at radius 1 is 1.55 bits per heavy atom. The summed E-state index contributed by atoms with van der Waals surface area (Å²) in [7, 11) is -3.04. The van der Waals surface area contributed by atoms with Gasteiger partial charge in [0.05, 0.1) is 16.5 Å². The normalized spacial score (nSPS) is 20.8. The van der Waals surface area contributed by atoms with Crippen molar-refractivity contribution in [2.24, 2.45) is 0 Å². The molecule has 0 spiro atoms. The van der Waals surface area contributed by atoms with E-state index in [1.54, 1.807) is 16.4 Å². The Morgan fingerprint density at radius 2 is 2.23 bits per heavy atom. The van der Waals surface area contributed by atoms with Crippen molar-refractivity contribution in [3.8, 4) is 0 Å². The number of sulfone groups is 1. The molecular weight excluding hydrogens is 320 g/mol. The van der Waals surface area contributed by atoms with Gasteiger partial charge in [-0.2, -0.15) is 0 Å². The maximum absolute atomic E-state index is 12.7. The Kier molecular flexibility index (Phi) is 4.77. The van der Waals surface area contributed by atoms with Gasteiger partial charge in [0, 0.05) is 23.4 Å². The number of amides is 1. The molecular formula is C15H22N2O3S2. The molecule has 1 aromatic heterocycles. The van der Waals surface area contributed by atoms with Crippen molar-refractivity contribution in [2.75, 3.05) is 18.1 Å². The van der Waals surface area contributed by atoms with Crippen LogP contribution in [0.3, 0.4) is 0 Å². The molecule has 1 fully saturated rings. The van der Waals surface area contributed by atoms with Crippen LogP contribution >= 0.6 is 11.3 Å². The third-order valence-electron chi connectivity index (χ3n) is 3.60. The van der Waals surface area contributed by atoms with Crippen molar-refractivity contribution < 1.29 is 13.2 Å². The second-order valence-corrected chi connectivity index (χ2v) is 9.68. The summed E-state index contributed by atoms with van der Waals surface area (Å²) in [5, 5.41) is 2.65. The van der Waals surface area contributed by atoms with Crippen molar-refractivity contribution in [3.63, 3.8) is 0 Å². The highest BCUT2D eigenvalue weighted by atomic mass is 32.2. The maximum Gasteiger partial charge on any atom is 0.273 e. The molecule has 0 radical (unpaired) electrons. The number of hydrogen-bond donors (Lipinski definition) is 0. The Hall–Kier alpha value is -1.21. The van der Waals surface area contributed by atoms with Crippen LogP contribution < -0.4 is 0 Å². The molecule has 2 heterocycles. The number of nitrogens with zero attached hydrogens (tertiary/aromatic N) is 2. The first kappa shape index (κ1) is 17.1. The molecule has 0 aliphatic carbocycles. The van der Waals surface area contributed by atoms with Crippen molar-refractivity contribution in [1.82, 2.24) is 9.88 Å². The van der Waals surface area contributed by atoms with E-state index >= 15 is 0 Å². The van der Waals surface area contributed by atoms with Gasteiger partial charge in [0.1, 0.15) is 5.69 Å². The van der Waals surface area contributed by atoms with E-state index in [0.29, 0.717) is 18.7 Å². The predicted molar refractivity (Wildman–Crippen MR) is 89.1 cm³/mol. The van der Waals surface area contributed by atoms with Crippen LogP contribution in [0.5, 0.6) is 0 Å². The van der Waals surface area contributed by atoms with Crippen LogP contribution in [0.4, 0.5) is 0 Å². The van der Waals surface area contributed by atoms with Gasteiger partial charge in [-0.1, -0.05) is 26.8 Å². The summed E-state index contributed by atoms with van der Waals surface area (Å²) in [4.78, 5) is 18.7. The summed E-state index contributed by atoms with van der Waals surface area (Å²) in [6.07, 6.45) is 2.11. The molecule has 22 heavy (non-hydrogen) atoms. The molecule has 0 saturated carbocycles. The van der Waals surface area contributed by atoms with Gasteiger partial charge in [-0.25, -0.2) is 13.4 Å². The number of rotatable bonds is 4. The highest BCUT2D eigenvalue weighted by molar-refractivity contribution is 7.91. The first-order valence-electron chi connectivity index (χ1n) is 7.22. The summed E-state index contributed by atoms with van der Waals surface area (Å²) in [5.74, 6) is -0.0418. The standard InChI is InChI=1S/C15H22N2O3S2/c1-5-7-17(11-6-8-22(19,20)10-11)13(18)12-9-21-14(16-12)15(2,3)4/h5,9,11H,1,6-8,10H2,2-4H3. The van der Waals surface area contributed by atoms with Crippen molar-refractivity contribution in [3.05, 3.63) is 28.7 Å². The third-order valence-corrected chi connectivity index (χ3v) is 6.62. The van der Waals surface area contributed by atoms with E-state index in [9.17, 15) is 13.2 Å². The van der Waals surface area contributed by atoms with Crippen molar-refractivity contribution in [2.45, 2.75) is 38.6 Å². The van der Waals surface area contributed by atoms with Crippen LogP contribution in [0, 0.1) is 0 Å². The van der Waals surface area contributed by atoms with Crippen molar-refractivity contribution in [1.29, 1.82) is 0 Å². The predicted octanol–water partition coefficient (Wildman–Crippen LogP) is 2.26. The van der Waals surface area contributed by atoms with E-state index in [2.05, 4.69) is 11.6 Å². The zero-order chi connectivity index (χ0) is 16.5. The number of carbonyl (C=O) groups excluding carboxylic acids is 1. The van der Waals surface area contributed by atoms with Crippen molar-refractivity contribution >= 4 is 27.1 Å². The minimum absolute atomic E-state index is 0.0306. The quantitative estimate of drug-likeness (QED) is 0.787. The lowest BCUT2D eigenvalue weighted by Gasteiger charge is -2.26. The zero-order valence-electron chi connectivity index (χ0n) is 13.2. The lowest BCUT2D eigenvalue weighted by Crippen LogP contribution is -2.41. The summed E-state index contributed by atoms with van der Waals surface area (Å²) >= 11 is 1.46.